The minimum absolute atomic E-state index is 0.131. The van der Waals surface area contributed by atoms with E-state index in [1.54, 1.807) is 6.92 Å². The summed E-state index contributed by atoms with van der Waals surface area (Å²) < 4.78 is 0. The molecule has 0 saturated carbocycles. The first-order chi connectivity index (χ1) is 13.1. The number of hydrogen-bond acceptors (Lipinski definition) is 3. The minimum Gasteiger partial charge on any atom is -0.336 e. The van der Waals surface area contributed by atoms with Gasteiger partial charge in [0.05, 0.1) is 0 Å². The van der Waals surface area contributed by atoms with Crippen molar-refractivity contribution in [2.75, 3.05) is 6.54 Å². The summed E-state index contributed by atoms with van der Waals surface area (Å²) in [6.07, 6.45) is 3.01. The highest BCUT2D eigenvalue weighted by Gasteiger charge is 2.50. The Morgan fingerprint density at radius 2 is 1.71 bits per heavy atom. The van der Waals surface area contributed by atoms with E-state index in [2.05, 4.69) is 19.2 Å². The second kappa shape index (κ2) is 7.57. The van der Waals surface area contributed by atoms with Crippen LogP contribution in [0, 0.1) is 0 Å². The number of urea groups is 1. The molecule has 0 radical (unpaired) electrons. The maximum Gasteiger partial charge on any atom is 0.325 e. The quantitative estimate of drug-likeness (QED) is 0.808. The number of piperidine rings is 1. The Morgan fingerprint density at radius 1 is 1.14 bits per heavy atom. The summed E-state index contributed by atoms with van der Waals surface area (Å²) in [6, 6.07) is 7.48. The average Bonchev–Trinajstić information content (AvgIpc) is 2.86. The van der Waals surface area contributed by atoms with Gasteiger partial charge < -0.3 is 10.2 Å². The van der Waals surface area contributed by atoms with Crippen LogP contribution in [-0.2, 0) is 15.1 Å². The van der Waals surface area contributed by atoms with Gasteiger partial charge >= 0.3 is 6.03 Å². The van der Waals surface area contributed by atoms with Gasteiger partial charge in [0.15, 0.2) is 0 Å². The molecule has 2 heterocycles. The molecule has 6 heteroatoms. The van der Waals surface area contributed by atoms with Gasteiger partial charge in [-0.05, 0) is 57.1 Å². The molecule has 152 valence electrons. The van der Waals surface area contributed by atoms with Crippen LogP contribution in [0.2, 0.25) is 0 Å². The normalized spacial score (nSPS) is 28.1. The average molecular weight is 386 g/mol. The highest BCUT2D eigenvalue weighted by atomic mass is 16.2. The summed E-state index contributed by atoms with van der Waals surface area (Å²) in [5, 5.41) is 2.79. The third-order valence-electron chi connectivity index (χ3n) is 6.20. The van der Waals surface area contributed by atoms with Gasteiger partial charge in [-0.25, -0.2) is 4.79 Å². The van der Waals surface area contributed by atoms with Crippen LogP contribution >= 0.6 is 0 Å². The molecule has 1 aromatic rings. The molecular weight excluding hydrogens is 354 g/mol. The predicted octanol–water partition coefficient (Wildman–Crippen LogP) is 3.37. The van der Waals surface area contributed by atoms with E-state index in [1.807, 2.05) is 43.0 Å². The zero-order valence-corrected chi connectivity index (χ0v) is 17.5. The van der Waals surface area contributed by atoms with Crippen molar-refractivity contribution in [1.82, 2.24) is 15.1 Å². The van der Waals surface area contributed by atoms with E-state index in [0.29, 0.717) is 5.92 Å². The molecular formula is C22H31N3O3. The SMILES string of the molecule is CC(C)c1ccc([C@@]2(C)NC(=O)N(CC(=O)N3[C@H](C)CCC[C@H]3C)C2=O)cc1. The van der Waals surface area contributed by atoms with E-state index in [4.69, 9.17) is 0 Å². The summed E-state index contributed by atoms with van der Waals surface area (Å²) in [5.74, 6) is -0.151. The monoisotopic (exact) mass is 385 g/mol. The van der Waals surface area contributed by atoms with Gasteiger partial charge in [-0.3, -0.25) is 14.5 Å². The summed E-state index contributed by atoms with van der Waals surface area (Å²) >= 11 is 0. The van der Waals surface area contributed by atoms with Crippen LogP contribution in [0.3, 0.4) is 0 Å². The van der Waals surface area contributed by atoms with Crippen LogP contribution in [-0.4, -0.2) is 46.3 Å². The Kier molecular flexibility index (Phi) is 5.50. The highest BCUT2D eigenvalue weighted by molar-refractivity contribution is 6.09. The topological polar surface area (TPSA) is 69.7 Å². The van der Waals surface area contributed by atoms with Gasteiger partial charge in [-0.15, -0.1) is 0 Å². The second-order valence-corrected chi connectivity index (χ2v) is 8.65. The van der Waals surface area contributed by atoms with Crippen molar-refractivity contribution in [2.45, 2.75) is 77.4 Å². The number of carbonyl (C=O) groups excluding carboxylic acids is 3. The highest BCUT2D eigenvalue weighted by Crippen LogP contribution is 2.30. The lowest BCUT2D eigenvalue weighted by Gasteiger charge is -2.39. The largest absolute Gasteiger partial charge is 0.336 e. The lowest BCUT2D eigenvalue weighted by atomic mass is 9.90. The first-order valence-electron chi connectivity index (χ1n) is 10.2. The maximum atomic E-state index is 13.1. The number of hydrogen-bond donors (Lipinski definition) is 1. The fourth-order valence-electron chi connectivity index (χ4n) is 4.37. The molecule has 3 rings (SSSR count). The van der Waals surface area contributed by atoms with Crippen molar-refractivity contribution in [3.63, 3.8) is 0 Å². The Labute approximate surface area is 167 Å². The van der Waals surface area contributed by atoms with Gasteiger partial charge in [-0.2, -0.15) is 0 Å². The maximum absolute atomic E-state index is 13.1. The van der Waals surface area contributed by atoms with Gasteiger partial charge in [0.2, 0.25) is 5.91 Å². The van der Waals surface area contributed by atoms with Gasteiger partial charge in [0, 0.05) is 12.1 Å². The molecule has 0 aliphatic carbocycles. The molecule has 28 heavy (non-hydrogen) atoms. The van der Waals surface area contributed by atoms with E-state index >= 15 is 0 Å². The third kappa shape index (κ3) is 3.52. The van der Waals surface area contributed by atoms with Crippen LogP contribution in [0.1, 0.15) is 70.9 Å². The zero-order chi connectivity index (χ0) is 20.6. The molecule has 0 bridgehead atoms. The van der Waals surface area contributed by atoms with Crippen LogP contribution < -0.4 is 5.32 Å². The predicted molar refractivity (Wildman–Crippen MR) is 108 cm³/mol. The molecule has 2 saturated heterocycles. The first kappa shape index (κ1) is 20.4. The summed E-state index contributed by atoms with van der Waals surface area (Å²) in [7, 11) is 0. The molecule has 0 spiro atoms. The summed E-state index contributed by atoms with van der Waals surface area (Å²) in [4.78, 5) is 41.4. The number of benzene rings is 1. The van der Waals surface area contributed by atoms with Crippen molar-refractivity contribution >= 4 is 17.8 Å². The van der Waals surface area contributed by atoms with E-state index in [-0.39, 0.29) is 30.4 Å². The Morgan fingerprint density at radius 3 is 2.25 bits per heavy atom. The van der Waals surface area contributed by atoms with Crippen molar-refractivity contribution in [1.29, 1.82) is 0 Å². The fraction of sp³-hybridized carbons (Fsp3) is 0.591. The molecule has 1 aromatic carbocycles. The molecule has 3 atom stereocenters. The second-order valence-electron chi connectivity index (χ2n) is 8.65. The van der Waals surface area contributed by atoms with E-state index < -0.39 is 11.6 Å². The Balaban J connectivity index is 1.78. The number of rotatable bonds is 4. The van der Waals surface area contributed by atoms with E-state index in [0.717, 1.165) is 29.7 Å². The smallest absolute Gasteiger partial charge is 0.325 e. The number of nitrogens with one attached hydrogen (secondary N) is 1. The molecule has 6 nitrogen and oxygen atoms in total. The molecule has 1 N–H and O–H groups in total. The van der Waals surface area contributed by atoms with Crippen molar-refractivity contribution in [3.8, 4) is 0 Å². The van der Waals surface area contributed by atoms with Crippen LogP contribution in [0.15, 0.2) is 24.3 Å². The van der Waals surface area contributed by atoms with Crippen LogP contribution in [0.25, 0.3) is 0 Å². The van der Waals surface area contributed by atoms with Gasteiger partial charge in [-0.1, -0.05) is 38.1 Å². The number of amides is 4. The van der Waals surface area contributed by atoms with E-state index in [9.17, 15) is 14.4 Å². The van der Waals surface area contributed by atoms with Crippen molar-refractivity contribution < 1.29 is 14.4 Å². The molecule has 2 aliphatic heterocycles. The molecule has 4 amide bonds. The van der Waals surface area contributed by atoms with Crippen molar-refractivity contribution in [3.05, 3.63) is 35.4 Å². The minimum atomic E-state index is -1.15. The lowest BCUT2D eigenvalue weighted by molar-refractivity contribution is -0.142. The Hall–Kier alpha value is -2.37. The molecule has 0 unspecified atom stereocenters. The van der Waals surface area contributed by atoms with Crippen molar-refractivity contribution in [2.24, 2.45) is 0 Å². The van der Waals surface area contributed by atoms with Crippen LogP contribution in [0.4, 0.5) is 4.79 Å². The van der Waals surface area contributed by atoms with Crippen LogP contribution in [0.5, 0.6) is 0 Å². The molecule has 2 fully saturated rings. The Bertz CT molecular complexity index is 764. The zero-order valence-electron chi connectivity index (χ0n) is 17.5. The first-order valence-corrected chi connectivity index (χ1v) is 10.2. The molecule has 2 aliphatic rings. The third-order valence-corrected chi connectivity index (χ3v) is 6.20. The standard InChI is InChI=1S/C22H31N3O3/c1-14(2)17-9-11-18(12-10-17)22(5)20(27)24(21(28)23-22)13-19(26)25-15(3)7-6-8-16(25)4/h9-12,14-16H,6-8,13H2,1-5H3,(H,23,28)/t15-,16-,22-/m1/s1. The molecule has 0 aromatic heterocycles. The van der Waals surface area contributed by atoms with Gasteiger partial charge in [0.25, 0.3) is 5.91 Å². The van der Waals surface area contributed by atoms with Gasteiger partial charge in [0.1, 0.15) is 12.1 Å². The number of likely N-dealkylation sites (tertiary alicyclic amines) is 1. The fourth-order valence-corrected chi connectivity index (χ4v) is 4.37. The number of imide groups is 1. The number of nitrogens with zero attached hydrogens (tertiary/aromatic N) is 2. The summed E-state index contributed by atoms with van der Waals surface area (Å²) in [5.41, 5.74) is 0.751. The lowest BCUT2D eigenvalue weighted by Crippen LogP contribution is -2.52. The summed E-state index contributed by atoms with van der Waals surface area (Å²) in [6.45, 7) is 9.76. The van der Waals surface area contributed by atoms with E-state index in [1.165, 1.54) is 5.56 Å². The number of carbonyl (C=O) groups is 3.